The van der Waals surface area contributed by atoms with Crippen molar-refractivity contribution in [3.05, 3.63) is 223 Å². The van der Waals surface area contributed by atoms with E-state index in [0.717, 1.165) is 77.6 Å². The molecule has 5 heteroatoms. The summed E-state index contributed by atoms with van der Waals surface area (Å²) in [5.41, 5.74) is 12.8. The Morgan fingerprint density at radius 3 is 1.54 bits per heavy atom. The number of hydrogen-bond donors (Lipinski definition) is 0. The summed E-state index contributed by atoms with van der Waals surface area (Å²) >= 11 is 0. The number of hydrogen-bond acceptors (Lipinski definition) is 5. The smallest absolute Gasteiger partial charge is 0.160 e. The van der Waals surface area contributed by atoms with Crippen LogP contribution in [-0.4, -0.2) is 24.9 Å². The monoisotopic (exact) mass is 727 g/mol. The highest BCUT2D eigenvalue weighted by molar-refractivity contribution is 6.20. The van der Waals surface area contributed by atoms with Gasteiger partial charge in [-0.05, 0) is 79.7 Å². The molecule has 0 saturated heterocycles. The van der Waals surface area contributed by atoms with Gasteiger partial charge in [-0.25, -0.2) is 15.0 Å². The Balaban J connectivity index is 1.20. The molecule has 0 atom stereocenters. The van der Waals surface area contributed by atoms with E-state index in [-0.39, 0.29) is 0 Å². The van der Waals surface area contributed by atoms with Gasteiger partial charge in [-0.3, -0.25) is 9.97 Å². The van der Waals surface area contributed by atoms with Crippen LogP contribution in [0.15, 0.2) is 201 Å². The van der Waals surface area contributed by atoms with Crippen molar-refractivity contribution in [2.45, 2.75) is 5.41 Å². The second-order valence-electron chi connectivity index (χ2n) is 14.4. The molecule has 0 N–H and O–H groups in total. The van der Waals surface area contributed by atoms with E-state index in [1.54, 1.807) is 12.4 Å². The van der Waals surface area contributed by atoms with Crippen LogP contribution in [-0.2, 0) is 5.41 Å². The Bertz CT molecular complexity index is 2960. The van der Waals surface area contributed by atoms with Gasteiger partial charge in [0.05, 0.1) is 22.5 Å². The molecule has 5 nitrogen and oxygen atoms in total. The molecular weight excluding hydrogens is 695 g/mol. The molecule has 0 saturated carbocycles. The number of nitrogens with zero attached hydrogens (tertiary/aromatic N) is 5. The predicted molar refractivity (Wildman–Crippen MR) is 229 cm³/mol. The van der Waals surface area contributed by atoms with Crippen molar-refractivity contribution in [1.82, 2.24) is 24.9 Å². The molecule has 266 valence electrons. The molecule has 57 heavy (non-hydrogen) atoms. The second kappa shape index (κ2) is 13.3. The molecule has 0 spiro atoms. The lowest BCUT2D eigenvalue weighted by Gasteiger charge is -2.32. The van der Waals surface area contributed by atoms with Gasteiger partial charge >= 0.3 is 0 Å². The van der Waals surface area contributed by atoms with Crippen molar-refractivity contribution >= 4 is 21.5 Å². The van der Waals surface area contributed by atoms with E-state index in [1.807, 2.05) is 30.7 Å². The standard InChI is InChI=1S/C52H33N5/c1-3-17-37(18-4-1)52(38-19-5-2-6-20-38)45-26-12-11-21-39(45)44-33-55-51(57-50(44)52)49-42-24-9-7-22-40(42)48(41-23-8-10-25-43(41)49)47-30-36(34-15-13-27-53-31-34)29-46(56-47)35-16-14-28-54-32-35/h1-33H. The summed E-state index contributed by atoms with van der Waals surface area (Å²) in [6.07, 6.45) is 9.41. The lowest BCUT2D eigenvalue weighted by atomic mass is 9.69. The minimum atomic E-state index is -0.642. The number of benzene rings is 6. The largest absolute Gasteiger partial charge is 0.264 e. The number of fused-ring (bicyclic) bond motifs is 5. The fourth-order valence-corrected chi connectivity index (χ4v) is 8.95. The van der Waals surface area contributed by atoms with Gasteiger partial charge < -0.3 is 0 Å². The molecule has 0 radical (unpaired) electrons. The summed E-state index contributed by atoms with van der Waals surface area (Å²) < 4.78 is 0. The van der Waals surface area contributed by atoms with Crippen molar-refractivity contribution in [2.75, 3.05) is 0 Å². The lowest BCUT2D eigenvalue weighted by molar-refractivity contribution is 0.736. The van der Waals surface area contributed by atoms with E-state index in [1.165, 1.54) is 16.7 Å². The first-order valence-electron chi connectivity index (χ1n) is 19.1. The summed E-state index contributed by atoms with van der Waals surface area (Å²) in [4.78, 5) is 25.2. The first kappa shape index (κ1) is 32.8. The normalized spacial score (nSPS) is 12.7. The number of aromatic nitrogens is 5. The van der Waals surface area contributed by atoms with Gasteiger partial charge in [-0.2, -0.15) is 0 Å². The van der Waals surface area contributed by atoms with Crippen LogP contribution in [0.2, 0.25) is 0 Å². The summed E-state index contributed by atoms with van der Waals surface area (Å²) in [6, 6.07) is 59.9. The number of pyridine rings is 3. The van der Waals surface area contributed by atoms with Crippen LogP contribution in [0, 0.1) is 0 Å². The topological polar surface area (TPSA) is 64.5 Å². The molecule has 0 bridgehead atoms. The Kier molecular flexibility index (Phi) is 7.64. The average Bonchev–Trinajstić information content (AvgIpc) is 3.59. The maximum absolute atomic E-state index is 5.71. The van der Waals surface area contributed by atoms with Gasteiger partial charge in [0.15, 0.2) is 5.82 Å². The molecule has 1 aliphatic carbocycles. The fraction of sp³-hybridized carbons (Fsp3) is 0.0192. The first-order valence-corrected chi connectivity index (χ1v) is 19.1. The van der Waals surface area contributed by atoms with Gasteiger partial charge in [0.2, 0.25) is 0 Å². The van der Waals surface area contributed by atoms with Crippen molar-refractivity contribution in [3.8, 4) is 56.2 Å². The highest BCUT2D eigenvalue weighted by atomic mass is 14.9. The Morgan fingerprint density at radius 2 is 0.930 bits per heavy atom. The highest BCUT2D eigenvalue weighted by Gasteiger charge is 2.48. The van der Waals surface area contributed by atoms with Gasteiger partial charge in [0, 0.05) is 58.8 Å². The molecule has 0 fully saturated rings. The summed E-state index contributed by atoms with van der Waals surface area (Å²) in [7, 11) is 0. The molecule has 4 aromatic heterocycles. The molecule has 4 heterocycles. The van der Waals surface area contributed by atoms with E-state index in [0.29, 0.717) is 5.82 Å². The van der Waals surface area contributed by atoms with Crippen LogP contribution >= 0.6 is 0 Å². The van der Waals surface area contributed by atoms with Crippen LogP contribution in [0.3, 0.4) is 0 Å². The number of rotatable bonds is 6. The first-order chi connectivity index (χ1) is 28.3. The molecule has 10 aromatic rings. The van der Waals surface area contributed by atoms with Gasteiger partial charge in [-0.15, -0.1) is 0 Å². The predicted octanol–water partition coefficient (Wildman–Crippen LogP) is 12.0. The summed E-state index contributed by atoms with van der Waals surface area (Å²) in [5, 5.41) is 4.26. The molecular formula is C52H33N5. The van der Waals surface area contributed by atoms with Gasteiger partial charge in [-0.1, -0.05) is 140 Å². The zero-order valence-corrected chi connectivity index (χ0v) is 30.8. The van der Waals surface area contributed by atoms with Gasteiger partial charge in [0.25, 0.3) is 0 Å². The minimum Gasteiger partial charge on any atom is -0.264 e. The maximum Gasteiger partial charge on any atom is 0.160 e. The average molecular weight is 728 g/mol. The van der Waals surface area contributed by atoms with E-state index >= 15 is 0 Å². The van der Waals surface area contributed by atoms with Crippen molar-refractivity contribution in [2.24, 2.45) is 0 Å². The fourth-order valence-electron chi connectivity index (χ4n) is 8.95. The molecule has 6 aromatic carbocycles. The summed E-state index contributed by atoms with van der Waals surface area (Å²) in [5.74, 6) is 0.685. The molecule has 11 rings (SSSR count). The van der Waals surface area contributed by atoms with E-state index in [4.69, 9.17) is 15.0 Å². The van der Waals surface area contributed by atoms with Crippen molar-refractivity contribution in [1.29, 1.82) is 0 Å². The third-order valence-corrected chi connectivity index (χ3v) is 11.4. The SMILES string of the molecule is c1ccc(C2(c3ccccc3)c3ccccc3-c3cnc(-c4c5ccccc5c(-c5cc(-c6cccnc6)cc(-c6cccnc6)n5)c5ccccc45)nc32)cc1. The van der Waals surface area contributed by atoms with Crippen LogP contribution in [0.25, 0.3) is 77.7 Å². The maximum atomic E-state index is 5.71. The lowest BCUT2D eigenvalue weighted by Crippen LogP contribution is -2.29. The third-order valence-electron chi connectivity index (χ3n) is 11.4. The third kappa shape index (κ3) is 5.13. The molecule has 0 unspecified atom stereocenters. The second-order valence-corrected chi connectivity index (χ2v) is 14.4. The van der Waals surface area contributed by atoms with Crippen molar-refractivity contribution < 1.29 is 0 Å². The summed E-state index contributed by atoms with van der Waals surface area (Å²) in [6.45, 7) is 0. The Morgan fingerprint density at radius 1 is 0.386 bits per heavy atom. The van der Waals surface area contributed by atoms with Crippen LogP contribution in [0.4, 0.5) is 0 Å². The van der Waals surface area contributed by atoms with E-state index in [2.05, 4.69) is 168 Å². The van der Waals surface area contributed by atoms with E-state index in [9.17, 15) is 0 Å². The molecule has 0 amide bonds. The van der Waals surface area contributed by atoms with Crippen LogP contribution in [0.1, 0.15) is 22.4 Å². The van der Waals surface area contributed by atoms with Crippen molar-refractivity contribution in [3.63, 3.8) is 0 Å². The van der Waals surface area contributed by atoms with E-state index < -0.39 is 5.41 Å². The Labute approximate surface area is 330 Å². The highest BCUT2D eigenvalue weighted by Crippen LogP contribution is 2.56. The van der Waals surface area contributed by atoms with Crippen LogP contribution in [0.5, 0.6) is 0 Å². The minimum absolute atomic E-state index is 0.642. The molecule has 0 aliphatic heterocycles. The quantitative estimate of drug-likeness (QED) is 0.160. The molecule has 1 aliphatic rings. The zero-order valence-electron chi connectivity index (χ0n) is 30.8. The van der Waals surface area contributed by atoms with Gasteiger partial charge in [0.1, 0.15) is 0 Å². The zero-order chi connectivity index (χ0) is 37.8. The van der Waals surface area contributed by atoms with Crippen LogP contribution < -0.4 is 0 Å². The Hall–Kier alpha value is -7.63.